The van der Waals surface area contributed by atoms with Crippen LogP contribution in [-0.2, 0) is 9.53 Å². The first-order valence-electron chi connectivity index (χ1n) is 12.5. The maximum absolute atomic E-state index is 14.0. The Labute approximate surface area is 263 Å². The number of aromatic nitrogens is 1. The monoisotopic (exact) mass is 786 g/mol. The number of allylic oxidation sites excluding steroid dienone is 1. The van der Waals surface area contributed by atoms with Crippen molar-refractivity contribution in [3.63, 3.8) is 0 Å². The lowest BCUT2D eigenvalue weighted by Crippen LogP contribution is -2.40. The van der Waals surface area contributed by atoms with Gasteiger partial charge in [-0.3, -0.25) is 9.36 Å². The van der Waals surface area contributed by atoms with Gasteiger partial charge in [-0.05, 0) is 107 Å². The van der Waals surface area contributed by atoms with Gasteiger partial charge in [0.1, 0.15) is 12.4 Å². The third-order valence-corrected chi connectivity index (χ3v) is 8.57. The molecule has 2 aromatic carbocycles. The fraction of sp³-hybridized carbons (Fsp3) is 0.276. The molecular formula is C29H28I2N2O6S. The number of methoxy groups -OCH3 is 1. The summed E-state index contributed by atoms with van der Waals surface area (Å²) < 4.78 is 26.3. The first kappa shape index (κ1) is 30.3. The van der Waals surface area contributed by atoms with E-state index in [0.29, 0.717) is 50.9 Å². The Hall–Kier alpha value is -2.65. The molecule has 40 heavy (non-hydrogen) atoms. The van der Waals surface area contributed by atoms with Crippen LogP contribution in [0.4, 0.5) is 0 Å². The molecule has 1 atom stereocenters. The molecule has 3 aromatic rings. The number of thiazole rings is 1. The van der Waals surface area contributed by atoms with Crippen LogP contribution in [0.15, 0.2) is 64.0 Å². The molecule has 210 valence electrons. The van der Waals surface area contributed by atoms with E-state index < -0.39 is 12.0 Å². The summed E-state index contributed by atoms with van der Waals surface area (Å²) >= 11 is 5.72. The summed E-state index contributed by atoms with van der Waals surface area (Å²) in [6.45, 7) is 10.1. The minimum Gasteiger partial charge on any atom is -0.493 e. The quantitative estimate of drug-likeness (QED) is 0.164. The summed E-state index contributed by atoms with van der Waals surface area (Å²) in [5.41, 5.74) is 2.08. The van der Waals surface area contributed by atoms with Gasteiger partial charge in [-0.1, -0.05) is 30.1 Å². The summed E-state index contributed by atoms with van der Waals surface area (Å²) in [5, 5.41) is 0. The number of esters is 1. The summed E-state index contributed by atoms with van der Waals surface area (Å²) in [6.07, 6.45) is 3.54. The van der Waals surface area contributed by atoms with Crippen molar-refractivity contribution in [1.29, 1.82) is 0 Å². The van der Waals surface area contributed by atoms with E-state index in [1.165, 1.54) is 11.3 Å². The molecule has 1 aliphatic rings. The lowest BCUT2D eigenvalue weighted by molar-refractivity contribution is -0.139. The van der Waals surface area contributed by atoms with Crippen LogP contribution in [0.5, 0.6) is 17.2 Å². The molecular weight excluding hydrogens is 758 g/mol. The fourth-order valence-electron chi connectivity index (χ4n) is 4.33. The van der Waals surface area contributed by atoms with Crippen molar-refractivity contribution >= 4 is 68.6 Å². The zero-order valence-electron chi connectivity index (χ0n) is 22.5. The number of halogens is 2. The summed E-state index contributed by atoms with van der Waals surface area (Å²) in [4.78, 5) is 32.3. The maximum Gasteiger partial charge on any atom is 0.338 e. The van der Waals surface area contributed by atoms with Crippen molar-refractivity contribution in [2.75, 3.05) is 26.9 Å². The number of rotatable bonds is 10. The minimum atomic E-state index is -0.752. The van der Waals surface area contributed by atoms with E-state index in [2.05, 4.69) is 56.8 Å². The van der Waals surface area contributed by atoms with E-state index in [-0.39, 0.29) is 12.2 Å². The van der Waals surface area contributed by atoms with Gasteiger partial charge >= 0.3 is 5.97 Å². The lowest BCUT2D eigenvalue weighted by atomic mass is 9.95. The van der Waals surface area contributed by atoms with E-state index in [9.17, 15) is 9.59 Å². The van der Waals surface area contributed by atoms with Crippen molar-refractivity contribution < 1.29 is 23.7 Å². The van der Waals surface area contributed by atoms with Crippen LogP contribution in [0.3, 0.4) is 0 Å². The average Bonchev–Trinajstić information content (AvgIpc) is 3.21. The van der Waals surface area contributed by atoms with Crippen LogP contribution < -0.4 is 29.1 Å². The normalized spacial score (nSPS) is 14.8. The SMILES string of the molecule is C=CCOc1c(I)cc(/C=c2\sc3n(c2=O)C(c2ccc(OC)c(OCC)c2)C(C(=O)OCC)=C(C)N=3)cc1I. The number of hydrogen-bond donors (Lipinski definition) is 0. The molecule has 2 heterocycles. The van der Waals surface area contributed by atoms with Crippen molar-refractivity contribution in [3.8, 4) is 17.2 Å². The zero-order chi connectivity index (χ0) is 29.0. The Morgan fingerprint density at radius 2 is 1.85 bits per heavy atom. The number of carbonyl (C=O) groups excluding carboxylic acids is 1. The molecule has 0 saturated heterocycles. The maximum atomic E-state index is 14.0. The van der Waals surface area contributed by atoms with Crippen LogP contribution in [-0.4, -0.2) is 37.5 Å². The van der Waals surface area contributed by atoms with Gasteiger partial charge in [-0.15, -0.1) is 0 Å². The van der Waals surface area contributed by atoms with Crippen LogP contribution in [0.1, 0.15) is 37.9 Å². The highest BCUT2D eigenvalue weighted by atomic mass is 127. The smallest absolute Gasteiger partial charge is 0.338 e. The van der Waals surface area contributed by atoms with Gasteiger partial charge in [-0.2, -0.15) is 0 Å². The summed E-state index contributed by atoms with van der Waals surface area (Å²) in [7, 11) is 1.56. The Balaban J connectivity index is 1.92. The molecule has 11 heteroatoms. The topological polar surface area (TPSA) is 88.3 Å². The molecule has 4 rings (SSSR count). The second kappa shape index (κ2) is 13.3. The molecule has 0 bridgehead atoms. The van der Waals surface area contributed by atoms with Gasteiger partial charge in [-0.25, -0.2) is 9.79 Å². The van der Waals surface area contributed by atoms with Crippen LogP contribution in [0.2, 0.25) is 0 Å². The molecule has 1 aromatic heterocycles. The lowest BCUT2D eigenvalue weighted by Gasteiger charge is -2.25. The van der Waals surface area contributed by atoms with Crippen molar-refractivity contribution in [3.05, 3.63) is 92.2 Å². The van der Waals surface area contributed by atoms with Gasteiger partial charge < -0.3 is 18.9 Å². The molecule has 0 amide bonds. The second-order valence-electron chi connectivity index (χ2n) is 8.56. The fourth-order valence-corrected chi connectivity index (χ4v) is 7.51. The van der Waals surface area contributed by atoms with E-state index >= 15 is 0 Å². The largest absolute Gasteiger partial charge is 0.493 e. The minimum absolute atomic E-state index is 0.198. The summed E-state index contributed by atoms with van der Waals surface area (Å²) in [5.74, 6) is 1.33. The Morgan fingerprint density at radius 1 is 1.12 bits per heavy atom. The zero-order valence-corrected chi connectivity index (χ0v) is 27.6. The van der Waals surface area contributed by atoms with Crippen LogP contribution >= 0.6 is 56.5 Å². The predicted octanol–water partition coefficient (Wildman–Crippen LogP) is 4.98. The molecule has 0 saturated carbocycles. The Kier molecular flexibility index (Phi) is 10.1. The van der Waals surface area contributed by atoms with E-state index in [0.717, 1.165) is 18.5 Å². The average molecular weight is 786 g/mol. The van der Waals surface area contributed by atoms with Crippen LogP contribution in [0.25, 0.3) is 6.08 Å². The molecule has 0 radical (unpaired) electrons. The first-order chi connectivity index (χ1) is 19.2. The third kappa shape index (κ3) is 6.15. The first-order valence-corrected chi connectivity index (χ1v) is 15.4. The van der Waals surface area contributed by atoms with Crippen molar-refractivity contribution in [2.45, 2.75) is 26.8 Å². The van der Waals surface area contributed by atoms with Crippen molar-refractivity contribution in [2.24, 2.45) is 4.99 Å². The number of ether oxygens (including phenoxy) is 4. The highest BCUT2D eigenvalue weighted by Crippen LogP contribution is 2.36. The van der Waals surface area contributed by atoms with Gasteiger partial charge in [0.05, 0.1) is 49.3 Å². The summed E-state index contributed by atoms with van der Waals surface area (Å²) in [6, 6.07) is 8.57. The van der Waals surface area contributed by atoms with E-state index in [4.69, 9.17) is 18.9 Å². The predicted molar refractivity (Wildman–Crippen MR) is 172 cm³/mol. The highest BCUT2D eigenvalue weighted by molar-refractivity contribution is 14.1. The number of nitrogens with zero attached hydrogens (tertiary/aromatic N) is 2. The van der Waals surface area contributed by atoms with Gasteiger partial charge in [0.15, 0.2) is 16.3 Å². The standard InChI is InChI=1S/C29H28I2N2O6S/c1-6-11-39-26-19(30)12-17(13-20(26)31)14-23-27(34)33-25(18-9-10-21(36-5)22(15-18)37-7-2)24(28(35)38-8-3)16(4)32-29(33)40-23/h6,9-10,12-15,25H,1,7-8,11H2,2-5H3/b23-14-. The van der Waals surface area contributed by atoms with Gasteiger partial charge in [0.25, 0.3) is 5.56 Å². The molecule has 8 nitrogen and oxygen atoms in total. The molecule has 0 spiro atoms. The number of hydrogen-bond acceptors (Lipinski definition) is 8. The number of carbonyl (C=O) groups is 1. The number of benzene rings is 2. The van der Waals surface area contributed by atoms with Crippen molar-refractivity contribution in [1.82, 2.24) is 4.57 Å². The highest BCUT2D eigenvalue weighted by Gasteiger charge is 2.34. The van der Waals surface area contributed by atoms with E-state index in [1.54, 1.807) is 43.7 Å². The number of fused-ring (bicyclic) bond motifs is 1. The van der Waals surface area contributed by atoms with Gasteiger partial charge in [0, 0.05) is 0 Å². The van der Waals surface area contributed by atoms with Crippen LogP contribution in [0, 0.1) is 7.14 Å². The molecule has 0 aliphatic carbocycles. The molecule has 0 fully saturated rings. The van der Waals surface area contributed by atoms with Gasteiger partial charge in [0.2, 0.25) is 0 Å². The molecule has 0 N–H and O–H groups in total. The Morgan fingerprint density at radius 3 is 2.48 bits per heavy atom. The molecule has 1 aliphatic heterocycles. The van der Waals surface area contributed by atoms with E-state index in [1.807, 2.05) is 31.2 Å². The molecule has 1 unspecified atom stereocenters. The Bertz CT molecular complexity index is 1650. The second-order valence-corrected chi connectivity index (χ2v) is 11.9. The third-order valence-electron chi connectivity index (χ3n) is 5.98.